The molecule has 0 saturated carbocycles. The molecule has 1 fully saturated rings. The van der Waals surface area contributed by atoms with Crippen LogP contribution in [0.15, 0.2) is 36.7 Å². The van der Waals surface area contributed by atoms with E-state index in [1.54, 1.807) is 12.4 Å². The van der Waals surface area contributed by atoms with E-state index in [4.69, 9.17) is 9.84 Å². The van der Waals surface area contributed by atoms with Crippen molar-refractivity contribution in [2.75, 3.05) is 19.7 Å². The maximum absolute atomic E-state index is 9.11. The Kier molecular flexibility index (Phi) is 5.89. The summed E-state index contributed by atoms with van der Waals surface area (Å²) in [5, 5.41) is 9.11. The van der Waals surface area contributed by atoms with Gasteiger partial charge in [-0.25, -0.2) is 9.97 Å². The first kappa shape index (κ1) is 18.8. The highest BCUT2D eigenvalue weighted by atomic mass is 16.5. The molecule has 140 valence electrons. The number of hydrogen-bond donors (Lipinski definition) is 1. The van der Waals surface area contributed by atoms with Crippen molar-refractivity contribution >= 4 is 0 Å². The van der Waals surface area contributed by atoms with E-state index in [-0.39, 0.29) is 12.1 Å². The van der Waals surface area contributed by atoms with Crippen molar-refractivity contribution in [2.45, 2.75) is 45.8 Å². The van der Waals surface area contributed by atoms with Crippen LogP contribution in [0.3, 0.4) is 0 Å². The molecule has 1 aromatic carbocycles. The summed E-state index contributed by atoms with van der Waals surface area (Å²) in [4.78, 5) is 11.2. The van der Waals surface area contributed by atoms with Gasteiger partial charge < -0.3 is 9.84 Å². The Morgan fingerprint density at radius 3 is 2.19 bits per heavy atom. The lowest BCUT2D eigenvalue weighted by Crippen LogP contribution is -2.46. The number of aliphatic hydroxyl groups excluding tert-OH is 1. The third-order valence-electron chi connectivity index (χ3n) is 5.11. The van der Waals surface area contributed by atoms with E-state index in [1.807, 2.05) is 24.3 Å². The van der Waals surface area contributed by atoms with Crippen LogP contribution in [0.4, 0.5) is 0 Å². The molecule has 0 amide bonds. The molecule has 0 aliphatic carbocycles. The maximum atomic E-state index is 9.11. The fraction of sp³-hybridized carbons (Fsp3) is 0.524. The molecule has 5 nitrogen and oxygen atoms in total. The molecular formula is C21H29N3O2. The fourth-order valence-corrected chi connectivity index (χ4v) is 3.31. The van der Waals surface area contributed by atoms with Crippen molar-refractivity contribution in [1.29, 1.82) is 0 Å². The standard InChI is InChI=1S/C21H29N3O2/c1-21(2,3)24-10-8-17(9-11-24)15-26-20-22-12-19(13-23-20)18-6-4-16(14-25)5-7-18/h4-7,12-13,17,25H,8-11,14-15H2,1-3H3. The molecule has 1 aliphatic rings. The number of rotatable bonds is 5. The average Bonchev–Trinajstić information content (AvgIpc) is 2.66. The number of hydrogen-bond acceptors (Lipinski definition) is 5. The Hall–Kier alpha value is -1.98. The van der Waals surface area contributed by atoms with Gasteiger partial charge in [-0.15, -0.1) is 0 Å². The van der Waals surface area contributed by atoms with E-state index in [9.17, 15) is 0 Å². The Balaban J connectivity index is 1.50. The first-order chi connectivity index (χ1) is 12.5. The minimum absolute atomic E-state index is 0.0538. The number of nitrogens with zero attached hydrogens (tertiary/aromatic N) is 3. The largest absolute Gasteiger partial charge is 0.463 e. The highest BCUT2D eigenvalue weighted by molar-refractivity contribution is 5.61. The number of likely N-dealkylation sites (tertiary alicyclic amines) is 1. The van der Waals surface area contributed by atoms with Gasteiger partial charge in [-0.05, 0) is 63.7 Å². The second-order valence-corrected chi connectivity index (χ2v) is 8.02. The van der Waals surface area contributed by atoms with Gasteiger partial charge >= 0.3 is 6.01 Å². The topological polar surface area (TPSA) is 58.5 Å². The number of aliphatic hydroxyl groups is 1. The summed E-state index contributed by atoms with van der Waals surface area (Å²) in [6.45, 7) is 9.81. The highest BCUT2D eigenvalue weighted by Gasteiger charge is 2.27. The monoisotopic (exact) mass is 355 g/mol. The maximum Gasteiger partial charge on any atom is 0.316 e. The van der Waals surface area contributed by atoms with Gasteiger partial charge in [-0.3, -0.25) is 4.90 Å². The van der Waals surface area contributed by atoms with Crippen molar-refractivity contribution in [3.8, 4) is 17.1 Å². The molecule has 0 atom stereocenters. The van der Waals surface area contributed by atoms with E-state index in [0.717, 1.165) is 42.6 Å². The Labute approximate surface area is 156 Å². The van der Waals surface area contributed by atoms with E-state index in [2.05, 4.69) is 35.6 Å². The summed E-state index contributed by atoms with van der Waals surface area (Å²) >= 11 is 0. The number of benzene rings is 1. The van der Waals surface area contributed by atoms with Gasteiger partial charge in [0.25, 0.3) is 0 Å². The zero-order chi connectivity index (χ0) is 18.6. The van der Waals surface area contributed by atoms with Crippen molar-refractivity contribution in [3.05, 3.63) is 42.2 Å². The van der Waals surface area contributed by atoms with Crippen LogP contribution in [-0.2, 0) is 6.61 Å². The zero-order valence-corrected chi connectivity index (χ0v) is 16.0. The Bertz CT molecular complexity index is 685. The van der Waals surface area contributed by atoms with Crippen molar-refractivity contribution < 1.29 is 9.84 Å². The second kappa shape index (κ2) is 8.14. The summed E-state index contributed by atoms with van der Waals surface area (Å²) in [7, 11) is 0. The molecule has 3 rings (SSSR count). The van der Waals surface area contributed by atoms with Crippen molar-refractivity contribution in [3.63, 3.8) is 0 Å². The minimum atomic E-state index is 0.0538. The normalized spacial score (nSPS) is 16.6. The van der Waals surface area contributed by atoms with Gasteiger partial charge in [-0.2, -0.15) is 0 Å². The van der Waals surface area contributed by atoms with Crippen LogP contribution in [0.25, 0.3) is 11.1 Å². The molecule has 1 aromatic heterocycles. The molecule has 0 radical (unpaired) electrons. The zero-order valence-electron chi connectivity index (χ0n) is 16.0. The lowest BCUT2D eigenvalue weighted by atomic mass is 9.94. The second-order valence-electron chi connectivity index (χ2n) is 8.02. The van der Waals surface area contributed by atoms with Gasteiger partial charge in [0.15, 0.2) is 0 Å². The molecule has 1 N–H and O–H groups in total. The van der Waals surface area contributed by atoms with Gasteiger partial charge in [-0.1, -0.05) is 24.3 Å². The van der Waals surface area contributed by atoms with Crippen molar-refractivity contribution in [1.82, 2.24) is 14.9 Å². The van der Waals surface area contributed by atoms with Crippen LogP contribution in [-0.4, -0.2) is 45.2 Å². The molecule has 1 aliphatic heterocycles. The quantitative estimate of drug-likeness (QED) is 0.889. The minimum Gasteiger partial charge on any atom is -0.463 e. The molecule has 2 heterocycles. The molecular weight excluding hydrogens is 326 g/mol. The Morgan fingerprint density at radius 2 is 1.65 bits per heavy atom. The van der Waals surface area contributed by atoms with Crippen LogP contribution in [0.5, 0.6) is 6.01 Å². The molecule has 5 heteroatoms. The molecule has 1 saturated heterocycles. The SMILES string of the molecule is CC(C)(C)N1CCC(COc2ncc(-c3ccc(CO)cc3)cn2)CC1. The third kappa shape index (κ3) is 4.80. The first-order valence-corrected chi connectivity index (χ1v) is 9.36. The smallest absolute Gasteiger partial charge is 0.316 e. The third-order valence-corrected chi connectivity index (χ3v) is 5.11. The van der Waals surface area contributed by atoms with Crippen LogP contribution in [0.1, 0.15) is 39.2 Å². The van der Waals surface area contributed by atoms with E-state index >= 15 is 0 Å². The molecule has 26 heavy (non-hydrogen) atoms. The Morgan fingerprint density at radius 1 is 1.04 bits per heavy atom. The van der Waals surface area contributed by atoms with Gasteiger partial charge in [0.2, 0.25) is 0 Å². The van der Waals surface area contributed by atoms with Gasteiger partial charge in [0, 0.05) is 23.5 Å². The predicted octanol–water partition coefficient (Wildman–Crippen LogP) is 3.53. The van der Waals surface area contributed by atoms with E-state index < -0.39 is 0 Å². The molecule has 2 aromatic rings. The highest BCUT2D eigenvalue weighted by Crippen LogP contribution is 2.24. The summed E-state index contributed by atoms with van der Waals surface area (Å²) in [6.07, 6.45) is 5.90. The molecule has 0 bridgehead atoms. The fourth-order valence-electron chi connectivity index (χ4n) is 3.31. The summed E-state index contributed by atoms with van der Waals surface area (Å²) in [6, 6.07) is 8.19. The molecule has 0 spiro atoms. The van der Waals surface area contributed by atoms with E-state index in [0.29, 0.717) is 18.5 Å². The van der Waals surface area contributed by atoms with Crippen molar-refractivity contribution in [2.24, 2.45) is 5.92 Å². The number of piperidine rings is 1. The summed E-state index contributed by atoms with van der Waals surface area (Å²) < 4.78 is 5.82. The van der Waals surface area contributed by atoms with Crippen LogP contribution >= 0.6 is 0 Å². The summed E-state index contributed by atoms with van der Waals surface area (Å²) in [5.74, 6) is 0.572. The van der Waals surface area contributed by atoms with E-state index in [1.165, 1.54) is 0 Å². The van der Waals surface area contributed by atoms with Crippen LogP contribution in [0, 0.1) is 5.92 Å². The van der Waals surface area contributed by atoms with Crippen LogP contribution in [0.2, 0.25) is 0 Å². The summed E-state index contributed by atoms with van der Waals surface area (Å²) in [5.41, 5.74) is 3.12. The predicted molar refractivity (Wildman–Crippen MR) is 103 cm³/mol. The van der Waals surface area contributed by atoms with Gasteiger partial charge in [0.05, 0.1) is 13.2 Å². The van der Waals surface area contributed by atoms with Crippen LogP contribution < -0.4 is 4.74 Å². The number of aromatic nitrogens is 2. The average molecular weight is 355 g/mol. The lowest BCUT2D eigenvalue weighted by Gasteiger charge is -2.40. The van der Waals surface area contributed by atoms with Gasteiger partial charge in [0.1, 0.15) is 0 Å². The number of ether oxygens (including phenoxy) is 1. The first-order valence-electron chi connectivity index (χ1n) is 9.36. The molecule has 0 unspecified atom stereocenters. The lowest BCUT2D eigenvalue weighted by molar-refractivity contribution is 0.0705.